The number of thioether (sulfide) groups is 1. The molecule has 2 aliphatic heterocycles. The molecule has 1 amide bonds. The average Bonchev–Trinajstić information content (AvgIpc) is 3.62. The van der Waals surface area contributed by atoms with E-state index in [9.17, 15) is 4.79 Å². The van der Waals surface area contributed by atoms with Crippen LogP contribution in [0.5, 0.6) is 0 Å². The lowest BCUT2D eigenvalue weighted by Crippen LogP contribution is -2.54. The third-order valence-corrected chi connectivity index (χ3v) is 7.19. The third-order valence-electron chi connectivity index (χ3n) is 6.21. The average molecular weight is 458 g/mol. The van der Waals surface area contributed by atoms with E-state index in [-0.39, 0.29) is 12.7 Å². The van der Waals surface area contributed by atoms with E-state index >= 15 is 0 Å². The van der Waals surface area contributed by atoms with Gasteiger partial charge in [-0.25, -0.2) is 4.79 Å². The molecule has 2 aromatic carbocycles. The van der Waals surface area contributed by atoms with Gasteiger partial charge in [0, 0.05) is 23.3 Å². The Morgan fingerprint density at radius 1 is 1.12 bits per heavy atom. The minimum absolute atomic E-state index is 0.287. The van der Waals surface area contributed by atoms with E-state index in [0.29, 0.717) is 11.4 Å². The van der Waals surface area contributed by atoms with Crippen molar-refractivity contribution in [2.45, 2.75) is 35.2 Å². The molecule has 0 unspecified atom stereocenters. The number of methoxy groups -OCH3 is 1. The predicted molar refractivity (Wildman–Crippen MR) is 128 cm³/mol. The number of carbonyl (C=O) groups is 1. The van der Waals surface area contributed by atoms with Gasteiger partial charge in [-0.3, -0.25) is 4.90 Å². The molecule has 3 aliphatic rings. The fourth-order valence-corrected chi connectivity index (χ4v) is 5.26. The van der Waals surface area contributed by atoms with Gasteiger partial charge in [0.2, 0.25) is 0 Å². The SMILES string of the molecule is CO[C@@]1(C)C#C/C=C\C#C[C@@H]2[C@H]3O[C@@]31c1ccccc1N2C(=O)OCCSc1ccccc1. The summed E-state index contributed by atoms with van der Waals surface area (Å²) in [6, 6.07) is 17.2. The van der Waals surface area contributed by atoms with Crippen molar-refractivity contribution in [3.05, 3.63) is 72.3 Å². The number of rotatable bonds is 5. The first kappa shape index (κ1) is 21.7. The Kier molecular flexibility index (Phi) is 5.68. The number of epoxide rings is 1. The summed E-state index contributed by atoms with van der Waals surface area (Å²) in [7, 11) is 1.63. The molecule has 0 aromatic heterocycles. The summed E-state index contributed by atoms with van der Waals surface area (Å²) in [5, 5.41) is 0. The smallest absolute Gasteiger partial charge is 0.415 e. The van der Waals surface area contributed by atoms with Crippen molar-refractivity contribution in [3.8, 4) is 23.7 Å². The first-order valence-corrected chi connectivity index (χ1v) is 11.7. The van der Waals surface area contributed by atoms with Gasteiger partial charge in [-0.2, -0.15) is 0 Å². The molecule has 1 saturated heterocycles. The van der Waals surface area contributed by atoms with Crippen LogP contribution in [0.4, 0.5) is 10.5 Å². The quantitative estimate of drug-likeness (QED) is 0.289. The fourth-order valence-electron chi connectivity index (χ4n) is 4.51. The monoisotopic (exact) mass is 457 g/mol. The highest BCUT2D eigenvalue weighted by Crippen LogP contribution is 2.62. The molecule has 2 aromatic rings. The lowest BCUT2D eigenvalue weighted by Gasteiger charge is -2.39. The maximum absolute atomic E-state index is 13.3. The Balaban J connectivity index is 1.44. The molecule has 0 spiro atoms. The van der Waals surface area contributed by atoms with Crippen LogP contribution in [0.2, 0.25) is 0 Å². The maximum atomic E-state index is 13.3. The van der Waals surface area contributed by atoms with Crippen molar-refractivity contribution in [1.82, 2.24) is 0 Å². The highest BCUT2D eigenvalue weighted by molar-refractivity contribution is 7.99. The lowest BCUT2D eigenvalue weighted by atomic mass is 9.75. The lowest BCUT2D eigenvalue weighted by molar-refractivity contribution is -0.0156. The molecule has 33 heavy (non-hydrogen) atoms. The first-order valence-electron chi connectivity index (χ1n) is 10.8. The second-order valence-corrected chi connectivity index (χ2v) is 9.18. The Morgan fingerprint density at radius 2 is 1.88 bits per heavy atom. The number of ether oxygens (including phenoxy) is 3. The van der Waals surface area contributed by atoms with Gasteiger partial charge in [-0.05, 0) is 37.3 Å². The van der Waals surface area contributed by atoms with Crippen molar-refractivity contribution >= 4 is 23.5 Å². The van der Waals surface area contributed by atoms with Crippen LogP contribution in [0.15, 0.2) is 71.6 Å². The minimum atomic E-state index is -0.905. The van der Waals surface area contributed by atoms with Gasteiger partial charge in [0.1, 0.15) is 18.8 Å². The molecule has 5 nitrogen and oxygen atoms in total. The normalized spacial score (nSPS) is 29.2. The zero-order chi connectivity index (χ0) is 22.9. The molecule has 4 atom stereocenters. The maximum Gasteiger partial charge on any atom is 0.415 e. The fraction of sp³-hybridized carbons (Fsp3) is 0.296. The van der Waals surface area contributed by atoms with Crippen LogP contribution in [0.25, 0.3) is 0 Å². The summed E-state index contributed by atoms with van der Waals surface area (Å²) in [6.45, 7) is 2.21. The number of nitrogens with zero attached hydrogens (tertiary/aromatic N) is 1. The Morgan fingerprint density at radius 3 is 2.70 bits per heavy atom. The summed E-state index contributed by atoms with van der Waals surface area (Å²) in [5.74, 6) is 13.1. The third kappa shape index (κ3) is 3.61. The number of para-hydroxylation sites is 1. The summed E-state index contributed by atoms with van der Waals surface area (Å²) in [5.41, 5.74) is -0.152. The predicted octanol–water partition coefficient (Wildman–Crippen LogP) is 4.38. The van der Waals surface area contributed by atoms with Gasteiger partial charge in [0.15, 0.2) is 11.2 Å². The highest BCUT2D eigenvalue weighted by Gasteiger charge is 2.75. The second kappa shape index (κ2) is 8.65. The van der Waals surface area contributed by atoms with Crippen molar-refractivity contribution in [1.29, 1.82) is 0 Å². The number of fused-ring (bicyclic) bond motifs is 1. The van der Waals surface area contributed by atoms with Crippen LogP contribution in [0, 0.1) is 23.7 Å². The van der Waals surface area contributed by atoms with Crippen LogP contribution in [-0.2, 0) is 19.8 Å². The molecule has 2 bridgehead atoms. The van der Waals surface area contributed by atoms with Crippen molar-refractivity contribution in [2.24, 2.45) is 0 Å². The van der Waals surface area contributed by atoms with Crippen LogP contribution in [0.1, 0.15) is 12.5 Å². The Bertz CT molecular complexity index is 1220. The van der Waals surface area contributed by atoms with Crippen LogP contribution >= 0.6 is 11.8 Å². The van der Waals surface area contributed by atoms with Gasteiger partial charge in [-0.1, -0.05) is 60.1 Å². The summed E-state index contributed by atoms with van der Waals surface area (Å²) < 4.78 is 17.9. The Hall–Kier alpha value is -3.16. The van der Waals surface area contributed by atoms with Gasteiger partial charge >= 0.3 is 6.09 Å². The van der Waals surface area contributed by atoms with Crippen molar-refractivity contribution < 1.29 is 19.0 Å². The van der Waals surface area contributed by atoms with Gasteiger partial charge in [0.25, 0.3) is 0 Å². The number of benzene rings is 2. The number of carbonyl (C=O) groups excluding carboxylic acids is 1. The van der Waals surface area contributed by atoms with Crippen LogP contribution < -0.4 is 4.90 Å². The highest BCUT2D eigenvalue weighted by atomic mass is 32.2. The van der Waals surface area contributed by atoms with E-state index in [4.69, 9.17) is 14.2 Å². The zero-order valence-electron chi connectivity index (χ0n) is 18.4. The zero-order valence-corrected chi connectivity index (χ0v) is 19.2. The molecular weight excluding hydrogens is 434 g/mol. The number of amides is 1. The number of hydrogen-bond donors (Lipinski definition) is 0. The standard InChI is InChI=1S/C27H23NO4S/c1-26(30-2)17-11-4-3-8-16-23-24-27(26,32-24)21-14-9-10-15-22(21)28(23)25(29)31-18-19-33-20-12-6-5-7-13-20/h3-7,9-10,12-15,23-24H,18-19H2,1-2H3/b4-3-/t23-,24-,26+,27+/m1/s1. The second-order valence-electron chi connectivity index (χ2n) is 8.01. The van der Waals surface area contributed by atoms with Crippen LogP contribution in [-0.4, -0.2) is 43.3 Å². The first-order chi connectivity index (χ1) is 16.1. The number of hydrogen-bond acceptors (Lipinski definition) is 5. The molecular formula is C27H23NO4S. The largest absolute Gasteiger partial charge is 0.448 e. The van der Waals surface area contributed by atoms with Gasteiger partial charge < -0.3 is 14.2 Å². The molecule has 166 valence electrons. The summed E-state index contributed by atoms with van der Waals surface area (Å²) in [6.07, 6.45) is 2.55. The van der Waals surface area contributed by atoms with E-state index in [0.717, 1.165) is 10.5 Å². The van der Waals surface area contributed by atoms with Crippen LogP contribution in [0.3, 0.4) is 0 Å². The van der Waals surface area contributed by atoms with E-state index < -0.39 is 23.3 Å². The molecule has 0 saturated carbocycles. The minimum Gasteiger partial charge on any atom is -0.448 e. The molecule has 1 fully saturated rings. The van der Waals surface area contributed by atoms with Crippen molar-refractivity contribution in [2.75, 3.05) is 24.4 Å². The number of allylic oxidation sites excluding steroid dienone is 2. The van der Waals surface area contributed by atoms with E-state index in [1.807, 2.05) is 61.5 Å². The molecule has 0 N–H and O–H groups in total. The molecule has 5 rings (SSSR count). The van der Waals surface area contributed by atoms with Gasteiger partial charge in [0.05, 0.1) is 5.69 Å². The number of anilines is 1. The van der Waals surface area contributed by atoms with Gasteiger partial charge in [-0.15, -0.1) is 11.8 Å². The van der Waals surface area contributed by atoms with E-state index in [2.05, 4.69) is 23.7 Å². The molecule has 6 heteroatoms. The summed E-state index contributed by atoms with van der Waals surface area (Å²) in [4.78, 5) is 16.1. The molecule has 2 heterocycles. The summed E-state index contributed by atoms with van der Waals surface area (Å²) >= 11 is 1.65. The topological polar surface area (TPSA) is 51.3 Å². The molecule has 0 radical (unpaired) electrons. The van der Waals surface area contributed by atoms with E-state index in [1.165, 1.54) is 0 Å². The van der Waals surface area contributed by atoms with E-state index in [1.54, 1.807) is 35.9 Å². The molecule has 1 aliphatic carbocycles. The van der Waals surface area contributed by atoms with Crippen molar-refractivity contribution in [3.63, 3.8) is 0 Å². The Labute approximate surface area is 198 Å².